The first-order valence-corrected chi connectivity index (χ1v) is 11.6. The van der Waals surface area contributed by atoms with Gasteiger partial charge in [0.15, 0.2) is 0 Å². The van der Waals surface area contributed by atoms with Gasteiger partial charge < -0.3 is 9.47 Å². The number of thiazole rings is 1. The minimum Gasteiger partial charge on any atom is -0.489 e. The smallest absolute Gasteiger partial charge is 0.368 e. The minimum absolute atomic E-state index is 0.245. The molecule has 0 aliphatic rings. The zero-order valence-electron chi connectivity index (χ0n) is 19.7. The van der Waals surface area contributed by atoms with Crippen molar-refractivity contribution >= 4 is 17.3 Å². The van der Waals surface area contributed by atoms with E-state index in [1.165, 1.54) is 20.7 Å². The molecule has 0 spiro atoms. The molecule has 2 heterocycles. The van der Waals surface area contributed by atoms with Crippen LogP contribution in [0.5, 0.6) is 5.75 Å². The predicted octanol–water partition coefficient (Wildman–Crippen LogP) is 3.77. The highest BCUT2D eigenvalue weighted by molar-refractivity contribution is 7.14. The topological polar surface area (TPSA) is 101 Å². The summed E-state index contributed by atoms with van der Waals surface area (Å²) < 4.78 is 13.8. The van der Waals surface area contributed by atoms with Gasteiger partial charge in [-0.2, -0.15) is 9.36 Å². The van der Waals surface area contributed by atoms with Gasteiger partial charge in [-0.15, -0.1) is 11.3 Å². The maximum Gasteiger partial charge on any atom is 0.368 e. The lowest BCUT2D eigenvalue weighted by Gasteiger charge is -2.15. The number of hydrogen-bond donors (Lipinski definition) is 0. The largest absolute Gasteiger partial charge is 0.489 e. The van der Waals surface area contributed by atoms with Gasteiger partial charge in [0, 0.05) is 18.2 Å². The first-order chi connectivity index (χ1) is 16.3. The molecule has 0 saturated carbocycles. The number of aromatic nitrogens is 5. The molecule has 0 saturated heterocycles. The number of nitrogens with zero attached hydrogens (tertiary/aromatic N) is 5. The lowest BCUT2D eigenvalue weighted by Crippen LogP contribution is -2.23. The molecular formula is C24H25N5O4S. The molecule has 4 rings (SSSR count). The quantitative estimate of drug-likeness (QED) is 0.372. The number of benzene rings is 2. The van der Waals surface area contributed by atoms with Gasteiger partial charge in [0.1, 0.15) is 17.2 Å². The zero-order valence-corrected chi connectivity index (χ0v) is 20.5. The van der Waals surface area contributed by atoms with Crippen LogP contribution < -0.4 is 10.4 Å². The molecule has 34 heavy (non-hydrogen) atoms. The third kappa shape index (κ3) is 4.49. The highest BCUT2D eigenvalue weighted by Crippen LogP contribution is 2.32. The molecule has 0 bridgehead atoms. The molecule has 9 nitrogen and oxygen atoms in total. The summed E-state index contributed by atoms with van der Waals surface area (Å²) in [6.07, 6.45) is 0. The molecule has 0 fully saturated rings. The second-order valence-corrected chi connectivity index (χ2v) is 8.97. The van der Waals surface area contributed by atoms with E-state index in [2.05, 4.69) is 15.4 Å². The molecule has 0 aliphatic carbocycles. The summed E-state index contributed by atoms with van der Waals surface area (Å²) in [6, 6.07) is 11.3. The molecule has 176 valence electrons. The summed E-state index contributed by atoms with van der Waals surface area (Å²) in [7, 11) is 1.56. The number of carbonyl (C=O) groups excluding carboxylic acids is 1. The van der Waals surface area contributed by atoms with Gasteiger partial charge in [-0.05, 0) is 73.5 Å². The molecule has 2 aromatic carbocycles. The van der Waals surface area contributed by atoms with Crippen molar-refractivity contribution in [2.24, 2.45) is 7.05 Å². The van der Waals surface area contributed by atoms with Crippen molar-refractivity contribution < 1.29 is 14.3 Å². The fourth-order valence-electron chi connectivity index (χ4n) is 3.60. The predicted molar refractivity (Wildman–Crippen MR) is 129 cm³/mol. The van der Waals surface area contributed by atoms with E-state index in [1.54, 1.807) is 14.0 Å². The molecule has 0 amide bonds. The van der Waals surface area contributed by atoms with Crippen molar-refractivity contribution in [1.82, 2.24) is 24.8 Å². The number of carbonyl (C=O) groups is 1. The zero-order chi connectivity index (χ0) is 24.4. The number of ether oxygens (including phenoxy) is 2. The highest BCUT2D eigenvalue weighted by atomic mass is 32.1. The Morgan fingerprint density at radius 3 is 2.56 bits per heavy atom. The lowest BCUT2D eigenvalue weighted by molar-refractivity contribution is 0.0532. The molecule has 0 N–H and O–H groups in total. The van der Waals surface area contributed by atoms with E-state index in [0.29, 0.717) is 28.6 Å². The van der Waals surface area contributed by atoms with Crippen LogP contribution in [-0.4, -0.2) is 37.4 Å². The number of esters is 1. The second kappa shape index (κ2) is 9.60. The summed E-state index contributed by atoms with van der Waals surface area (Å²) in [6.45, 7) is 8.10. The molecule has 2 aromatic heterocycles. The Labute approximate surface area is 200 Å². The monoisotopic (exact) mass is 479 g/mol. The summed E-state index contributed by atoms with van der Waals surface area (Å²) in [5.74, 6) is 0.321. The van der Waals surface area contributed by atoms with Crippen molar-refractivity contribution in [3.8, 4) is 22.7 Å². The lowest BCUT2D eigenvalue weighted by atomic mass is 10.1. The average molecular weight is 480 g/mol. The fourth-order valence-corrected chi connectivity index (χ4v) is 4.44. The number of aryl methyl sites for hydroxylation is 4. The Bertz CT molecular complexity index is 1420. The van der Waals surface area contributed by atoms with Crippen LogP contribution in [0.15, 0.2) is 41.2 Å². The first kappa shape index (κ1) is 23.4. The van der Waals surface area contributed by atoms with E-state index in [1.807, 2.05) is 57.2 Å². The van der Waals surface area contributed by atoms with Gasteiger partial charge in [0.05, 0.1) is 23.0 Å². The summed E-state index contributed by atoms with van der Waals surface area (Å²) in [4.78, 5) is 29.8. The Morgan fingerprint density at radius 2 is 1.88 bits per heavy atom. The van der Waals surface area contributed by atoms with Gasteiger partial charge in [-0.1, -0.05) is 12.1 Å². The van der Waals surface area contributed by atoms with Crippen molar-refractivity contribution in [1.29, 1.82) is 0 Å². The van der Waals surface area contributed by atoms with Crippen LogP contribution in [0.3, 0.4) is 0 Å². The van der Waals surface area contributed by atoms with Gasteiger partial charge in [0.25, 0.3) is 0 Å². The summed E-state index contributed by atoms with van der Waals surface area (Å²) in [5, 5.41) is 8.56. The Morgan fingerprint density at radius 1 is 1.09 bits per heavy atom. The van der Waals surface area contributed by atoms with Crippen LogP contribution >= 0.6 is 11.3 Å². The molecule has 0 radical (unpaired) electrons. The maximum atomic E-state index is 12.4. The maximum absolute atomic E-state index is 12.4. The van der Waals surface area contributed by atoms with E-state index < -0.39 is 0 Å². The molecule has 0 aliphatic heterocycles. The van der Waals surface area contributed by atoms with Gasteiger partial charge >= 0.3 is 11.7 Å². The third-order valence-electron chi connectivity index (χ3n) is 5.35. The standard InChI is InChI=1S/C24H25N5O4S/c1-6-32-23(30)22-21(25-16(4)34-22)17-10-11-20(15(3)12-17)33-13-18-14(2)8-7-9-19(18)29-24(31)28(5)26-27-29/h7-12H,6,13H2,1-5H3. The van der Waals surface area contributed by atoms with Crippen LogP contribution in [0.25, 0.3) is 16.9 Å². The van der Waals surface area contributed by atoms with Crippen molar-refractivity contribution in [2.45, 2.75) is 34.3 Å². The fraction of sp³-hybridized carbons (Fsp3) is 0.292. The summed E-state index contributed by atoms with van der Waals surface area (Å²) in [5.41, 5.74) is 4.44. The van der Waals surface area contributed by atoms with E-state index >= 15 is 0 Å². The van der Waals surface area contributed by atoms with Crippen molar-refractivity contribution in [2.75, 3.05) is 6.61 Å². The third-order valence-corrected chi connectivity index (χ3v) is 6.30. The van der Waals surface area contributed by atoms with Crippen LogP contribution in [0.4, 0.5) is 0 Å². The van der Waals surface area contributed by atoms with Gasteiger partial charge in [-0.3, -0.25) is 0 Å². The summed E-state index contributed by atoms with van der Waals surface area (Å²) >= 11 is 1.32. The van der Waals surface area contributed by atoms with Gasteiger partial charge in [0.2, 0.25) is 0 Å². The molecule has 10 heteroatoms. The van der Waals surface area contributed by atoms with Crippen LogP contribution in [-0.2, 0) is 18.4 Å². The van der Waals surface area contributed by atoms with E-state index in [9.17, 15) is 9.59 Å². The van der Waals surface area contributed by atoms with Crippen LogP contribution in [0, 0.1) is 20.8 Å². The Hall–Kier alpha value is -3.79. The Kier molecular flexibility index (Phi) is 6.60. The minimum atomic E-state index is -0.368. The van der Waals surface area contributed by atoms with Crippen molar-refractivity contribution in [3.63, 3.8) is 0 Å². The highest BCUT2D eigenvalue weighted by Gasteiger charge is 2.20. The van der Waals surface area contributed by atoms with Crippen molar-refractivity contribution in [3.05, 3.63) is 73.5 Å². The number of hydrogen-bond acceptors (Lipinski definition) is 8. The molecule has 0 atom stereocenters. The SMILES string of the molecule is CCOC(=O)c1sc(C)nc1-c1ccc(OCc2c(C)cccc2-n2nnn(C)c2=O)c(C)c1. The molecule has 4 aromatic rings. The second-order valence-electron chi connectivity index (χ2n) is 7.77. The first-order valence-electron chi connectivity index (χ1n) is 10.8. The van der Waals surface area contributed by atoms with E-state index in [0.717, 1.165) is 27.3 Å². The van der Waals surface area contributed by atoms with E-state index in [4.69, 9.17) is 9.47 Å². The van der Waals surface area contributed by atoms with Gasteiger partial charge in [-0.25, -0.2) is 14.6 Å². The average Bonchev–Trinajstić information content (AvgIpc) is 3.36. The number of rotatable bonds is 7. The van der Waals surface area contributed by atoms with E-state index in [-0.39, 0.29) is 18.3 Å². The normalized spacial score (nSPS) is 11.0. The number of tetrazole rings is 1. The van der Waals surface area contributed by atoms with Crippen LogP contribution in [0.1, 0.15) is 38.3 Å². The molecular weight excluding hydrogens is 454 g/mol. The molecule has 0 unspecified atom stereocenters. The Balaban J connectivity index is 1.61. The van der Waals surface area contributed by atoms with Crippen LogP contribution in [0.2, 0.25) is 0 Å².